The molecule has 0 radical (unpaired) electrons. The number of benzene rings is 1. The number of aromatic nitrogens is 1. The largest absolute Gasteiger partial charge is 0.350 e. The number of hydrogen-bond acceptors (Lipinski definition) is 3. The lowest BCUT2D eigenvalue weighted by molar-refractivity contribution is 0.0924. The summed E-state index contributed by atoms with van der Waals surface area (Å²) in [5, 5.41) is 3.80. The molecule has 1 aromatic heterocycles. The SMILES string of the molecule is O=C(NCC(c1ccc(Cl)cc1)N1CCCCC1)c1ccncc1. The lowest BCUT2D eigenvalue weighted by Gasteiger charge is -2.35. The molecule has 24 heavy (non-hydrogen) atoms. The van der Waals surface area contributed by atoms with Crippen LogP contribution in [-0.2, 0) is 0 Å². The number of hydrogen-bond donors (Lipinski definition) is 1. The van der Waals surface area contributed by atoms with E-state index in [4.69, 9.17) is 11.6 Å². The van der Waals surface area contributed by atoms with Crippen LogP contribution in [0, 0.1) is 0 Å². The van der Waals surface area contributed by atoms with Gasteiger partial charge in [0, 0.05) is 29.5 Å². The van der Waals surface area contributed by atoms with Gasteiger partial charge >= 0.3 is 0 Å². The van der Waals surface area contributed by atoms with E-state index in [9.17, 15) is 4.79 Å². The molecule has 1 aromatic carbocycles. The molecule has 1 atom stereocenters. The lowest BCUT2D eigenvalue weighted by Crippen LogP contribution is -2.40. The van der Waals surface area contributed by atoms with Crippen LogP contribution >= 0.6 is 11.6 Å². The van der Waals surface area contributed by atoms with Gasteiger partial charge in [0.25, 0.3) is 5.91 Å². The second kappa shape index (κ2) is 8.27. The number of halogens is 1. The third-order valence-electron chi connectivity index (χ3n) is 4.48. The van der Waals surface area contributed by atoms with Gasteiger partial charge in [-0.05, 0) is 55.8 Å². The summed E-state index contributed by atoms with van der Waals surface area (Å²) in [6, 6.07) is 11.6. The van der Waals surface area contributed by atoms with E-state index in [1.807, 2.05) is 12.1 Å². The van der Waals surface area contributed by atoms with Crippen molar-refractivity contribution in [3.63, 3.8) is 0 Å². The van der Waals surface area contributed by atoms with Crippen LogP contribution in [0.15, 0.2) is 48.8 Å². The zero-order chi connectivity index (χ0) is 16.8. The van der Waals surface area contributed by atoms with Gasteiger partial charge in [-0.3, -0.25) is 14.7 Å². The molecule has 1 N–H and O–H groups in total. The van der Waals surface area contributed by atoms with Gasteiger partial charge in [-0.1, -0.05) is 30.2 Å². The van der Waals surface area contributed by atoms with Gasteiger partial charge in [-0.2, -0.15) is 0 Å². The molecule has 4 nitrogen and oxygen atoms in total. The Hall–Kier alpha value is -1.91. The quantitative estimate of drug-likeness (QED) is 0.900. The number of rotatable bonds is 5. The Morgan fingerprint density at radius 1 is 1.08 bits per heavy atom. The van der Waals surface area contributed by atoms with Crippen molar-refractivity contribution in [1.29, 1.82) is 0 Å². The molecule has 1 fully saturated rings. The molecule has 2 aromatic rings. The minimum atomic E-state index is -0.0617. The molecule has 1 unspecified atom stereocenters. The van der Waals surface area contributed by atoms with Crippen LogP contribution in [0.5, 0.6) is 0 Å². The zero-order valence-corrected chi connectivity index (χ0v) is 14.4. The van der Waals surface area contributed by atoms with E-state index in [1.54, 1.807) is 24.5 Å². The van der Waals surface area contributed by atoms with Crippen molar-refractivity contribution in [2.24, 2.45) is 0 Å². The fraction of sp³-hybridized carbons (Fsp3) is 0.368. The van der Waals surface area contributed by atoms with Crippen molar-refractivity contribution in [1.82, 2.24) is 15.2 Å². The van der Waals surface area contributed by atoms with E-state index in [1.165, 1.54) is 24.8 Å². The van der Waals surface area contributed by atoms with E-state index in [0.717, 1.165) is 18.1 Å². The number of pyridine rings is 1. The second-order valence-electron chi connectivity index (χ2n) is 6.11. The molecule has 5 heteroatoms. The summed E-state index contributed by atoms with van der Waals surface area (Å²) in [7, 11) is 0. The zero-order valence-electron chi connectivity index (χ0n) is 13.6. The summed E-state index contributed by atoms with van der Waals surface area (Å²) in [5.41, 5.74) is 1.83. The first-order valence-corrected chi connectivity index (χ1v) is 8.79. The summed E-state index contributed by atoms with van der Waals surface area (Å²) in [6.07, 6.45) is 6.98. The first-order valence-electron chi connectivity index (χ1n) is 8.42. The smallest absolute Gasteiger partial charge is 0.251 e. The van der Waals surface area contributed by atoms with Crippen molar-refractivity contribution in [3.05, 3.63) is 64.9 Å². The Balaban J connectivity index is 1.72. The minimum Gasteiger partial charge on any atom is -0.350 e. The number of amides is 1. The van der Waals surface area contributed by atoms with Gasteiger partial charge in [0.1, 0.15) is 0 Å². The minimum absolute atomic E-state index is 0.0617. The molecule has 126 valence electrons. The average molecular weight is 344 g/mol. The van der Waals surface area contributed by atoms with E-state index in [0.29, 0.717) is 12.1 Å². The van der Waals surface area contributed by atoms with Crippen LogP contribution in [-0.4, -0.2) is 35.4 Å². The van der Waals surface area contributed by atoms with Gasteiger partial charge in [-0.25, -0.2) is 0 Å². The summed E-state index contributed by atoms with van der Waals surface area (Å²) in [4.78, 5) is 18.7. The Kier molecular flexibility index (Phi) is 5.83. The monoisotopic (exact) mass is 343 g/mol. The second-order valence-corrected chi connectivity index (χ2v) is 6.55. The Morgan fingerprint density at radius 3 is 2.42 bits per heavy atom. The van der Waals surface area contributed by atoms with Gasteiger partial charge < -0.3 is 5.32 Å². The summed E-state index contributed by atoms with van der Waals surface area (Å²) < 4.78 is 0. The van der Waals surface area contributed by atoms with Crippen molar-refractivity contribution in [2.45, 2.75) is 25.3 Å². The molecule has 1 saturated heterocycles. The molecule has 0 spiro atoms. The number of carbonyl (C=O) groups is 1. The van der Waals surface area contributed by atoms with Crippen LogP contribution in [0.25, 0.3) is 0 Å². The average Bonchev–Trinajstić information content (AvgIpc) is 2.65. The van der Waals surface area contributed by atoms with Crippen LogP contribution < -0.4 is 5.32 Å². The van der Waals surface area contributed by atoms with E-state index in [-0.39, 0.29) is 11.9 Å². The van der Waals surface area contributed by atoms with E-state index < -0.39 is 0 Å². The molecule has 0 saturated carbocycles. The summed E-state index contributed by atoms with van der Waals surface area (Å²) >= 11 is 6.02. The Morgan fingerprint density at radius 2 is 1.75 bits per heavy atom. The van der Waals surface area contributed by atoms with Gasteiger partial charge in [0.05, 0.1) is 6.04 Å². The lowest BCUT2D eigenvalue weighted by atomic mass is 10.0. The van der Waals surface area contributed by atoms with Crippen LogP contribution in [0.2, 0.25) is 5.02 Å². The Labute approximate surface area is 147 Å². The predicted octanol–water partition coefficient (Wildman–Crippen LogP) is 3.69. The fourth-order valence-electron chi connectivity index (χ4n) is 3.17. The maximum Gasteiger partial charge on any atom is 0.251 e. The molecule has 3 rings (SSSR count). The van der Waals surface area contributed by atoms with Crippen molar-refractivity contribution < 1.29 is 4.79 Å². The van der Waals surface area contributed by atoms with Gasteiger partial charge in [0.2, 0.25) is 0 Å². The number of likely N-dealkylation sites (tertiary alicyclic amines) is 1. The Bertz CT molecular complexity index is 654. The third kappa shape index (κ3) is 4.34. The van der Waals surface area contributed by atoms with Gasteiger partial charge in [-0.15, -0.1) is 0 Å². The number of nitrogens with one attached hydrogen (secondary N) is 1. The summed E-state index contributed by atoms with van der Waals surface area (Å²) in [6.45, 7) is 2.72. The number of carbonyl (C=O) groups excluding carboxylic acids is 1. The third-order valence-corrected chi connectivity index (χ3v) is 4.74. The molecule has 0 aliphatic carbocycles. The molecule has 1 aliphatic heterocycles. The summed E-state index contributed by atoms with van der Waals surface area (Å²) in [5.74, 6) is -0.0617. The highest BCUT2D eigenvalue weighted by Gasteiger charge is 2.23. The molecule has 2 heterocycles. The van der Waals surface area contributed by atoms with Gasteiger partial charge in [0.15, 0.2) is 0 Å². The number of nitrogens with zero attached hydrogens (tertiary/aromatic N) is 2. The number of piperidine rings is 1. The first-order chi connectivity index (χ1) is 11.7. The highest BCUT2D eigenvalue weighted by molar-refractivity contribution is 6.30. The maximum atomic E-state index is 12.3. The van der Waals surface area contributed by atoms with Crippen LogP contribution in [0.3, 0.4) is 0 Å². The highest BCUT2D eigenvalue weighted by Crippen LogP contribution is 2.25. The molecule has 1 amide bonds. The van der Waals surface area contributed by atoms with Crippen LogP contribution in [0.4, 0.5) is 0 Å². The predicted molar refractivity (Wildman–Crippen MR) is 96.2 cm³/mol. The topological polar surface area (TPSA) is 45.2 Å². The molecular weight excluding hydrogens is 322 g/mol. The van der Waals surface area contributed by atoms with Crippen molar-refractivity contribution in [3.8, 4) is 0 Å². The fourth-order valence-corrected chi connectivity index (χ4v) is 3.29. The maximum absolute atomic E-state index is 12.3. The van der Waals surface area contributed by atoms with Crippen LogP contribution in [0.1, 0.15) is 41.2 Å². The normalized spacial score (nSPS) is 16.5. The first kappa shape index (κ1) is 16.9. The van der Waals surface area contributed by atoms with E-state index in [2.05, 4.69) is 27.3 Å². The van der Waals surface area contributed by atoms with Crippen molar-refractivity contribution in [2.75, 3.05) is 19.6 Å². The standard InChI is InChI=1S/C19H22ClN3O/c20-17-6-4-15(5-7-17)18(23-12-2-1-3-13-23)14-22-19(24)16-8-10-21-11-9-16/h4-11,18H,1-3,12-14H2,(H,22,24). The molecule has 1 aliphatic rings. The van der Waals surface area contributed by atoms with E-state index >= 15 is 0 Å². The van der Waals surface area contributed by atoms with Crippen molar-refractivity contribution >= 4 is 17.5 Å². The molecular formula is C19H22ClN3O. The highest BCUT2D eigenvalue weighted by atomic mass is 35.5. The molecule has 0 bridgehead atoms.